The van der Waals surface area contributed by atoms with Crippen LogP contribution in [0.15, 0.2) is 46.9 Å². The number of hydrogen-bond acceptors (Lipinski definition) is 3. The van der Waals surface area contributed by atoms with Crippen molar-refractivity contribution in [3.8, 4) is 11.5 Å². The van der Waals surface area contributed by atoms with Crippen molar-refractivity contribution < 1.29 is 9.47 Å². The van der Waals surface area contributed by atoms with Crippen molar-refractivity contribution >= 4 is 15.9 Å². The van der Waals surface area contributed by atoms with E-state index in [1.54, 1.807) is 14.2 Å². The first-order valence-electron chi connectivity index (χ1n) is 6.90. The summed E-state index contributed by atoms with van der Waals surface area (Å²) in [7, 11) is 3.35. The van der Waals surface area contributed by atoms with Crippen molar-refractivity contribution in [1.82, 2.24) is 5.32 Å². The number of halogens is 1. The van der Waals surface area contributed by atoms with Gasteiger partial charge in [-0.15, -0.1) is 0 Å². The average Bonchev–Trinajstić information content (AvgIpc) is 2.52. The fourth-order valence-corrected chi connectivity index (χ4v) is 2.85. The molecule has 1 atom stereocenters. The molecule has 2 aromatic carbocycles. The maximum absolute atomic E-state index is 5.29. The molecule has 1 N–H and O–H groups in total. The summed E-state index contributed by atoms with van der Waals surface area (Å²) in [5.41, 5.74) is 2.39. The Labute approximate surface area is 134 Å². The molecule has 0 saturated heterocycles. The number of rotatable bonds is 6. The third kappa shape index (κ3) is 3.77. The molecule has 0 radical (unpaired) electrons. The summed E-state index contributed by atoms with van der Waals surface area (Å²) in [6.07, 6.45) is 0. The van der Waals surface area contributed by atoms with Crippen LogP contribution in [-0.4, -0.2) is 20.8 Å². The number of hydrogen-bond donors (Lipinski definition) is 1. The SMILES string of the molecule is CCNC(c1ccc(OC)cc1)c1ccc(OC)c(Br)c1. The molecule has 0 fully saturated rings. The highest BCUT2D eigenvalue weighted by Crippen LogP contribution is 2.31. The second-order valence-electron chi connectivity index (χ2n) is 4.66. The Hall–Kier alpha value is -1.52. The standard InChI is InChI=1S/C17H20BrNO2/c1-4-19-17(12-5-8-14(20-2)9-6-12)13-7-10-16(21-3)15(18)11-13/h5-11,17,19H,4H2,1-3H3. The molecule has 2 aromatic rings. The van der Waals surface area contributed by atoms with E-state index >= 15 is 0 Å². The lowest BCUT2D eigenvalue weighted by Gasteiger charge is -2.20. The van der Waals surface area contributed by atoms with Crippen LogP contribution in [0.3, 0.4) is 0 Å². The molecule has 0 spiro atoms. The van der Waals surface area contributed by atoms with Gasteiger partial charge in [-0.25, -0.2) is 0 Å². The summed E-state index contributed by atoms with van der Waals surface area (Å²) in [5, 5.41) is 3.51. The van der Waals surface area contributed by atoms with Gasteiger partial charge in [-0.1, -0.05) is 25.1 Å². The molecule has 2 rings (SSSR count). The summed E-state index contributed by atoms with van der Waals surface area (Å²) >= 11 is 3.55. The highest BCUT2D eigenvalue weighted by Gasteiger charge is 2.14. The highest BCUT2D eigenvalue weighted by molar-refractivity contribution is 9.10. The zero-order valence-corrected chi connectivity index (χ0v) is 14.1. The number of ether oxygens (including phenoxy) is 2. The third-order valence-corrected chi connectivity index (χ3v) is 3.99. The van der Waals surface area contributed by atoms with Gasteiger partial charge in [-0.3, -0.25) is 0 Å². The van der Waals surface area contributed by atoms with Gasteiger partial charge in [0, 0.05) is 0 Å². The van der Waals surface area contributed by atoms with Gasteiger partial charge < -0.3 is 14.8 Å². The lowest BCUT2D eigenvalue weighted by molar-refractivity contribution is 0.411. The number of methoxy groups -OCH3 is 2. The number of benzene rings is 2. The van der Waals surface area contributed by atoms with Crippen molar-refractivity contribution in [3.63, 3.8) is 0 Å². The van der Waals surface area contributed by atoms with Crippen LogP contribution in [0.1, 0.15) is 24.1 Å². The van der Waals surface area contributed by atoms with E-state index in [4.69, 9.17) is 9.47 Å². The fraction of sp³-hybridized carbons (Fsp3) is 0.294. The molecule has 0 saturated carbocycles. The lowest BCUT2D eigenvalue weighted by atomic mass is 9.98. The lowest BCUT2D eigenvalue weighted by Crippen LogP contribution is -2.22. The summed E-state index contributed by atoms with van der Waals surface area (Å²) in [4.78, 5) is 0. The third-order valence-electron chi connectivity index (χ3n) is 3.37. The van der Waals surface area contributed by atoms with Gasteiger partial charge in [0.05, 0.1) is 24.7 Å². The largest absolute Gasteiger partial charge is 0.497 e. The van der Waals surface area contributed by atoms with Crippen molar-refractivity contribution in [2.45, 2.75) is 13.0 Å². The summed E-state index contributed by atoms with van der Waals surface area (Å²) < 4.78 is 11.5. The summed E-state index contributed by atoms with van der Waals surface area (Å²) in [5.74, 6) is 1.70. The van der Waals surface area contributed by atoms with Crippen LogP contribution < -0.4 is 14.8 Å². The first-order valence-corrected chi connectivity index (χ1v) is 7.69. The molecule has 4 heteroatoms. The summed E-state index contributed by atoms with van der Waals surface area (Å²) in [6.45, 7) is 3.00. The van der Waals surface area contributed by atoms with E-state index in [2.05, 4.69) is 52.4 Å². The molecule has 0 amide bonds. The Morgan fingerprint density at radius 1 is 1.00 bits per heavy atom. The minimum absolute atomic E-state index is 0.142. The molecule has 0 bridgehead atoms. The Kier molecular flexibility index (Phi) is 5.65. The van der Waals surface area contributed by atoms with E-state index in [0.29, 0.717) is 0 Å². The quantitative estimate of drug-likeness (QED) is 0.848. The van der Waals surface area contributed by atoms with Crippen LogP contribution in [0.5, 0.6) is 11.5 Å². The molecule has 21 heavy (non-hydrogen) atoms. The second-order valence-corrected chi connectivity index (χ2v) is 5.51. The Balaban J connectivity index is 2.35. The van der Waals surface area contributed by atoms with Crippen LogP contribution in [0.2, 0.25) is 0 Å². The van der Waals surface area contributed by atoms with Gasteiger partial charge in [0.1, 0.15) is 11.5 Å². The van der Waals surface area contributed by atoms with Crippen molar-refractivity contribution in [3.05, 3.63) is 58.1 Å². The van der Waals surface area contributed by atoms with Gasteiger partial charge in [-0.05, 0) is 57.9 Å². The molecule has 0 aliphatic rings. The van der Waals surface area contributed by atoms with Crippen LogP contribution in [-0.2, 0) is 0 Å². The van der Waals surface area contributed by atoms with Crippen molar-refractivity contribution in [2.75, 3.05) is 20.8 Å². The molecule has 112 valence electrons. The van der Waals surface area contributed by atoms with E-state index < -0.39 is 0 Å². The van der Waals surface area contributed by atoms with E-state index in [9.17, 15) is 0 Å². The van der Waals surface area contributed by atoms with E-state index in [1.807, 2.05) is 18.2 Å². The van der Waals surface area contributed by atoms with Crippen LogP contribution in [0.4, 0.5) is 0 Å². The molecule has 0 aliphatic heterocycles. The van der Waals surface area contributed by atoms with Gasteiger partial charge in [0.25, 0.3) is 0 Å². The second kappa shape index (κ2) is 7.48. The maximum atomic E-state index is 5.29. The Bertz CT molecular complexity index is 584. The van der Waals surface area contributed by atoms with E-state index in [1.165, 1.54) is 11.1 Å². The zero-order chi connectivity index (χ0) is 15.2. The minimum Gasteiger partial charge on any atom is -0.497 e. The molecule has 3 nitrogen and oxygen atoms in total. The average molecular weight is 350 g/mol. The maximum Gasteiger partial charge on any atom is 0.133 e. The summed E-state index contributed by atoms with van der Waals surface area (Å²) in [6, 6.07) is 14.4. The minimum atomic E-state index is 0.142. The van der Waals surface area contributed by atoms with E-state index in [-0.39, 0.29) is 6.04 Å². The zero-order valence-electron chi connectivity index (χ0n) is 12.5. The first kappa shape index (κ1) is 15.9. The molecule has 0 heterocycles. The monoisotopic (exact) mass is 349 g/mol. The van der Waals surface area contributed by atoms with Crippen molar-refractivity contribution in [2.24, 2.45) is 0 Å². The van der Waals surface area contributed by atoms with Crippen molar-refractivity contribution in [1.29, 1.82) is 0 Å². The van der Waals surface area contributed by atoms with Crippen LogP contribution >= 0.6 is 15.9 Å². The predicted molar refractivity (Wildman–Crippen MR) is 89.2 cm³/mol. The molecular formula is C17H20BrNO2. The van der Waals surface area contributed by atoms with E-state index in [0.717, 1.165) is 22.5 Å². The Morgan fingerprint density at radius 2 is 1.67 bits per heavy atom. The smallest absolute Gasteiger partial charge is 0.133 e. The molecule has 1 unspecified atom stereocenters. The topological polar surface area (TPSA) is 30.5 Å². The molecule has 0 aliphatic carbocycles. The number of nitrogens with one attached hydrogen (secondary N) is 1. The normalized spacial score (nSPS) is 12.0. The first-order chi connectivity index (χ1) is 10.2. The van der Waals surface area contributed by atoms with Crippen LogP contribution in [0.25, 0.3) is 0 Å². The van der Waals surface area contributed by atoms with Crippen LogP contribution in [0, 0.1) is 0 Å². The molecular weight excluding hydrogens is 330 g/mol. The highest BCUT2D eigenvalue weighted by atomic mass is 79.9. The Morgan fingerprint density at radius 3 is 2.19 bits per heavy atom. The van der Waals surface area contributed by atoms with Gasteiger partial charge in [-0.2, -0.15) is 0 Å². The predicted octanol–water partition coefficient (Wildman–Crippen LogP) is 4.17. The van der Waals surface area contributed by atoms with Gasteiger partial charge in [0.15, 0.2) is 0 Å². The fourth-order valence-electron chi connectivity index (χ4n) is 2.29. The van der Waals surface area contributed by atoms with Gasteiger partial charge >= 0.3 is 0 Å². The van der Waals surface area contributed by atoms with Gasteiger partial charge in [0.2, 0.25) is 0 Å². The molecule has 0 aromatic heterocycles.